The van der Waals surface area contributed by atoms with E-state index in [9.17, 15) is 4.79 Å². The molecule has 6 heteroatoms. The molecule has 0 saturated carbocycles. The molecule has 1 aromatic heterocycles. The smallest absolute Gasteiger partial charge is 0.223 e. The lowest BCUT2D eigenvalue weighted by atomic mass is 10.0. The standard InChI is InChI=1S/C15H17N5O/c1-2-3-6-15(18-19-15)7-4-14(21)20-8-5-12-9-16-11-17-13(12)10-20/h1,9,11H,3-8,10H2. The summed E-state index contributed by atoms with van der Waals surface area (Å²) in [5.41, 5.74) is 1.71. The van der Waals surface area contributed by atoms with Crippen LogP contribution in [0.25, 0.3) is 0 Å². The van der Waals surface area contributed by atoms with Gasteiger partial charge < -0.3 is 4.90 Å². The maximum Gasteiger partial charge on any atom is 0.223 e. The Morgan fingerprint density at radius 3 is 3.05 bits per heavy atom. The number of rotatable bonds is 5. The highest BCUT2D eigenvalue weighted by molar-refractivity contribution is 5.76. The van der Waals surface area contributed by atoms with Gasteiger partial charge in [0.1, 0.15) is 6.33 Å². The zero-order chi connectivity index (χ0) is 14.7. The van der Waals surface area contributed by atoms with Gasteiger partial charge in [-0.25, -0.2) is 9.97 Å². The minimum Gasteiger partial charge on any atom is -0.336 e. The highest BCUT2D eigenvalue weighted by atomic mass is 16.2. The minimum absolute atomic E-state index is 0.136. The first-order valence-electron chi connectivity index (χ1n) is 7.15. The van der Waals surface area contributed by atoms with Gasteiger partial charge in [-0.05, 0) is 12.0 Å². The molecular weight excluding hydrogens is 266 g/mol. The highest BCUT2D eigenvalue weighted by Crippen LogP contribution is 2.37. The number of nitrogens with zero attached hydrogens (tertiary/aromatic N) is 5. The molecule has 3 rings (SSSR count). The molecule has 0 saturated heterocycles. The van der Waals surface area contributed by atoms with Crippen LogP contribution in [-0.4, -0.2) is 33.0 Å². The summed E-state index contributed by atoms with van der Waals surface area (Å²) in [6.07, 6.45) is 11.9. The van der Waals surface area contributed by atoms with Crippen LogP contribution in [0.4, 0.5) is 0 Å². The summed E-state index contributed by atoms with van der Waals surface area (Å²) < 4.78 is 0. The van der Waals surface area contributed by atoms with Gasteiger partial charge in [0.25, 0.3) is 0 Å². The van der Waals surface area contributed by atoms with Gasteiger partial charge in [-0.2, -0.15) is 10.2 Å². The normalized spacial score (nSPS) is 18.0. The molecule has 2 aliphatic rings. The van der Waals surface area contributed by atoms with Crippen molar-refractivity contribution in [2.24, 2.45) is 10.2 Å². The number of amides is 1. The molecule has 0 aromatic carbocycles. The fourth-order valence-electron chi connectivity index (χ4n) is 2.60. The number of aromatic nitrogens is 2. The number of hydrogen-bond acceptors (Lipinski definition) is 5. The number of fused-ring (bicyclic) bond motifs is 1. The van der Waals surface area contributed by atoms with Crippen LogP contribution in [0, 0.1) is 12.3 Å². The molecular formula is C15H17N5O. The maximum atomic E-state index is 12.3. The van der Waals surface area contributed by atoms with E-state index in [4.69, 9.17) is 6.42 Å². The zero-order valence-electron chi connectivity index (χ0n) is 11.8. The Labute approximate surface area is 123 Å². The predicted molar refractivity (Wildman–Crippen MR) is 76.0 cm³/mol. The molecule has 1 aromatic rings. The molecule has 2 aliphatic heterocycles. The summed E-state index contributed by atoms with van der Waals surface area (Å²) in [5.74, 6) is 2.73. The van der Waals surface area contributed by atoms with Gasteiger partial charge in [0.05, 0.1) is 12.2 Å². The van der Waals surface area contributed by atoms with E-state index in [0.29, 0.717) is 25.8 Å². The monoisotopic (exact) mass is 283 g/mol. The molecule has 0 N–H and O–H groups in total. The molecule has 0 aliphatic carbocycles. The quantitative estimate of drug-likeness (QED) is 0.772. The number of hydrogen-bond donors (Lipinski definition) is 0. The molecule has 0 atom stereocenters. The third-order valence-electron chi connectivity index (χ3n) is 4.02. The van der Waals surface area contributed by atoms with Gasteiger partial charge in [0, 0.05) is 38.4 Å². The van der Waals surface area contributed by atoms with Crippen molar-refractivity contribution in [2.75, 3.05) is 6.54 Å². The summed E-state index contributed by atoms with van der Waals surface area (Å²) in [5, 5.41) is 8.13. The van der Waals surface area contributed by atoms with Gasteiger partial charge >= 0.3 is 0 Å². The average Bonchev–Trinajstić information content (AvgIpc) is 3.30. The van der Waals surface area contributed by atoms with Crippen molar-refractivity contribution in [1.29, 1.82) is 0 Å². The fourth-order valence-corrected chi connectivity index (χ4v) is 2.60. The lowest BCUT2D eigenvalue weighted by molar-refractivity contribution is -0.132. The largest absolute Gasteiger partial charge is 0.336 e. The Bertz CT molecular complexity index is 613. The van der Waals surface area contributed by atoms with E-state index in [1.54, 1.807) is 0 Å². The third-order valence-corrected chi connectivity index (χ3v) is 4.02. The van der Waals surface area contributed by atoms with Crippen molar-refractivity contribution in [2.45, 2.75) is 44.3 Å². The van der Waals surface area contributed by atoms with Gasteiger partial charge in [0.2, 0.25) is 5.91 Å². The van der Waals surface area contributed by atoms with Crippen LogP contribution >= 0.6 is 0 Å². The summed E-state index contributed by atoms with van der Waals surface area (Å²) in [6.45, 7) is 1.30. The third kappa shape index (κ3) is 3.07. The maximum absolute atomic E-state index is 12.3. The second-order valence-electron chi connectivity index (χ2n) is 5.45. The second-order valence-corrected chi connectivity index (χ2v) is 5.45. The fraction of sp³-hybridized carbons (Fsp3) is 0.533. The van der Waals surface area contributed by atoms with Crippen LogP contribution in [0.2, 0.25) is 0 Å². The molecule has 0 spiro atoms. The van der Waals surface area contributed by atoms with Crippen LogP contribution in [0.3, 0.4) is 0 Å². The lowest BCUT2D eigenvalue weighted by Crippen LogP contribution is -2.37. The van der Waals surface area contributed by atoms with Crippen molar-refractivity contribution < 1.29 is 4.79 Å². The first-order valence-corrected chi connectivity index (χ1v) is 7.15. The molecule has 1 amide bonds. The Hall–Kier alpha value is -2.29. The van der Waals surface area contributed by atoms with Gasteiger partial charge in [-0.1, -0.05) is 0 Å². The van der Waals surface area contributed by atoms with E-state index in [0.717, 1.165) is 30.6 Å². The first kappa shape index (κ1) is 13.7. The van der Waals surface area contributed by atoms with E-state index in [2.05, 4.69) is 26.1 Å². The summed E-state index contributed by atoms with van der Waals surface area (Å²) in [6, 6.07) is 0. The van der Waals surface area contributed by atoms with E-state index in [-0.39, 0.29) is 11.6 Å². The van der Waals surface area contributed by atoms with Crippen molar-refractivity contribution in [1.82, 2.24) is 14.9 Å². The topological polar surface area (TPSA) is 70.8 Å². The van der Waals surface area contributed by atoms with Crippen LogP contribution in [0.5, 0.6) is 0 Å². The number of carbonyl (C=O) groups is 1. The van der Waals surface area contributed by atoms with E-state index < -0.39 is 0 Å². The predicted octanol–water partition coefficient (Wildman–Crippen LogP) is 1.72. The lowest BCUT2D eigenvalue weighted by Gasteiger charge is -2.28. The summed E-state index contributed by atoms with van der Waals surface area (Å²) in [7, 11) is 0. The van der Waals surface area contributed by atoms with Gasteiger partial charge in [-0.15, -0.1) is 12.3 Å². The van der Waals surface area contributed by atoms with Crippen LogP contribution < -0.4 is 0 Å². The van der Waals surface area contributed by atoms with Crippen molar-refractivity contribution >= 4 is 5.91 Å². The number of carbonyl (C=O) groups excluding carboxylic acids is 1. The van der Waals surface area contributed by atoms with Gasteiger partial charge in [0.15, 0.2) is 5.66 Å². The van der Waals surface area contributed by atoms with Crippen LogP contribution in [-0.2, 0) is 17.8 Å². The van der Waals surface area contributed by atoms with Crippen molar-refractivity contribution in [3.8, 4) is 12.3 Å². The van der Waals surface area contributed by atoms with Crippen molar-refractivity contribution in [3.05, 3.63) is 23.8 Å². The van der Waals surface area contributed by atoms with Crippen LogP contribution in [0.1, 0.15) is 36.9 Å². The molecule has 0 unspecified atom stereocenters. The van der Waals surface area contributed by atoms with E-state index in [1.807, 2.05) is 11.1 Å². The Kier molecular flexibility index (Phi) is 3.65. The second kappa shape index (κ2) is 5.60. The summed E-state index contributed by atoms with van der Waals surface area (Å²) in [4.78, 5) is 22.4. The minimum atomic E-state index is -0.377. The Morgan fingerprint density at radius 1 is 1.43 bits per heavy atom. The van der Waals surface area contributed by atoms with Gasteiger partial charge in [-0.3, -0.25) is 4.79 Å². The Morgan fingerprint density at radius 2 is 2.29 bits per heavy atom. The van der Waals surface area contributed by atoms with E-state index >= 15 is 0 Å². The highest BCUT2D eigenvalue weighted by Gasteiger charge is 2.39. The summed E-state index contributed by atoms with van der Waals surface area (Å²) >= 11 is 0. The van der Waals surface area contributed by atoms with Crippen molar-refractivity contribution in [3.63, 3.8) is 0 Å². The zero-order valence-corrected chi connectivity index (χ0v) is 11.8. The van der Waals surface area contributed by atoms with Crippen LogP contribution in [0.15, 0.2) is 22.8 Å². The number of terminal acetylenes is 1. The molecule has 6 nitrogen and oxygen atoms in total. The molecule has 3 heterocycles. The van der Waals surface area contributed by atoms with E-state index in [1.165, 1.54) is 6.33 Å². The Balaban J connectivity index is 1.52. The SMILES string of the molecule is C#CCCC1(CCC(=O)N2CCc3cncnc3C2)N=N1. The molecule has 0 radical (unpaired) electrons. The first-order chi connectivity index (χ1) is 10.2. The molecule has 0 fully saturated rings. The molecule has 108 valence electrons. The molecule has 21 heavy (non-hydrogen) atoms. The molecule has 0 bridgehead atoms. The average molecular weight is 283 g/mol.